The Hall–Kier alpha value is -7.04. The predicted octanol–water partition coefficient (Wildman–Crippen LogP) is 4.10. The van der Waals surface area contributed by atoms with Gasteiger partial charge < -0.3 is 35.5 Å². The number of hydrogen-bond donors (Lipinski definition) is 3. The zero-order valence-corrected chi connectivity index (χ0v) is 26.6. The lowest BCUT2D eigenvalue weighted by Crippen LogP contribution is -2.06. The van der Waals surface area contributed by atoms with Crippen LogP contribution < -0.4 is 26.7 Å². The molecular formula is C33H29N13O4. The zero-order valence-electron chi connectivity index (χ0n) is 26.6. The molecule has 0 radical (unpaired) electrons. The van der Waals surface area contributed by atoms with E-state index in [4.69, 9.17) is 35.5 Å². The minimum atomic E-state index is 0.133. The molecule has 0 unspecified atom stereocenters. The van der Waals surface area contributed by atoms with Gasteiger partial charge in [-0.25, -0.2) is 19.3 Å². The highest BCUT2D eigenvalue weighted by atomic mass is 16.7. The molecule has 0 fully saturated rings. The number of fused-ring (bicyclic) bond motifs is 3. The quantitative estimate of drug-likeness (QED) is 0.202. The summed E-state index contributed by atoms with van der Waals surface area (Å²) < 4.78 is 24.9. The number of aryl methyl sites for hydroxylation is 1. The molecule has 0 atom stereocenters. The van der Waals surface area contributed by atoms with Crippen LogP contribution in [0.1, 0.15) is 23.6 Å². The third kappa shape index (κ3) is 5.72. The van der Waals surface area contributed by atoms with Gasteiger partial charge in [-0.15, -0.1) is 10.2 Å². The van der Waals surface area contributed by atoms with Crippen LogP contribution in [-0.4, -0.2) is 56.7 Å². The first-order valence-corrected chi connectivity index (χ1v) is 15.5. The molecule has 0 saturated heterocycles. The average molecular weight is 672 g/mol. The van der Waals surface area contributed by atoms with E-state index in [0.29, 0.717) is 64.1 Å². The molecule has 250 valence electrons. The van der Waals surface area contributed by atoms with Gasteiger partial charge in [0, 0.05) is 5.69 Å². The summed E-state index contributed by atoms with van der Waals surface area (Å²) in [6.45, 7) is 3.28. The van der Waals surface area contributed by atoms with E-state index >= 15 is 0 Å². The van der Waals surface area contributed by atoms with Crippen molar-refractivity contribution in [3.63, 3.8) is 0 Å². The van der Waals surface area contributed by atoms with Crippen molar-refractivity contribution in [2.24, 2.45) is 0 Å². The van der Waals surface area contributed by atoms with Gasteiger partial charge in [0.15, 0.2) is 45.3 Å². The van der Waals surface area contributed by atoms with Crippen molar-refractivity contribution in [3.8, 4) is 34.4 Å². The molecule has 0 saturated carbocycles. The van der Waals surface area contributed by atoms with Crippen LogP contribution in [0.25, 0.3) is 45.2 Å². The summed E-state index contributed by atoms with van der Waals surface area (Å²) in [5, 5.41) is 16.8. The van der Waals surface area contributed by atoms with E-state index in [1.54, 1.807) is 46.2 Å². The van der Waals surface area contributed by atoms with Crippen LogP contribution in [0.3, 0.4) is 0 Å². The molecule has 0 aliphatic carbocycles. The normalized spacial score (nSPS) is 12.0. The maximum Gasteiger partial charge on any atom is 0.231 e. The van der Waals surface area contributed by atoms with E-state index in [2.05, 4.69) is 53.6 Å². The van der Waals surface area contributed by atoms with Gasteiger partial charge in [-0.3, -0.25) is 0 Å². The number of hydrogen-bond acceptors (Lipinski definition) is 15. The number of anilines is 3. The number of ether oxygens (including phenoxy) is 2. The Balaban J connectivity index is 0.000000144. The topological polar surface area (TPSA) is 236 Å². The van der Waals surface area contributed by atoms with Gasteiger partial charge in [-0.1, -0.05) is 35.5 Å². The van der Waals surface area contributed by atoms with Crippen molar-refractivity contribution in [2.45, 2.75) is 26.4 Å². The van der Waals surface area contributed by atoms with Crippen molar-refractivity contribution in [1.29, 1.82) is 0 Å². The second-order valence-electron chi connectivity index (χ2n) is 11.2. The molecule has 9 rings (SSSR count). The third-order valence-corrected chi connectivity index (χ3v) is 7.96. The Bertz CT molecular complexity index is 2330. The van der Waals surface area contributed by atoms with Crippen molar-refractivity contribution < 1.29 is 18.3 Å². The zero-order chi connectivity index (χ0) is 34.2. The summed E-state index contributed by atoms with van der Waals surface area (Å²) >= 11 is 0. The molecule has 0 spiro atoms. The molecule has 17 heteroatoms. The standard InChI is InChI=1S/C17H17N7O.C16H12N6O3/c1-2-11-8-10(5-6-12(11)18)9-24-16-15(22-23-24)14(20-17(19)21-16)13-4-3-7-25-13;17-16-18-13(11-2-1-5-23-11)14-15(19-16)22(21-20-14)7-9-3-4-10-12(6-9)25-8-24-10/h3-8H,2,9,18H2,1H3,(H2,19,20,21);1-6H,7-8H2,(H2,17,18,19). The fourth-order valence-electron chi connectivity index (χ4n) is 5.58. The second-order valence-corrected chi connectivity index (χ2v) is 11.2. The molecule has 7 heterocycles. The number of aromatic nitrogens is 10. The molecule has 1 aliphatic rings. The first kappa shape index (κ1) is 30.3. The number of rotatable bonds is 7. The monoisotopic (exact) mass is 671 g/mol. The van der Waals surface area contributed by atoms with Crippen molar-refractivity contribution in [1.82, 2.24) is 49.9 Å². The van der Waals surface area contributed by atoms with Crippen LogP contribution in [-0.2, 0) is 19.5 Å². The summed E-state index contributed by atoms with van der Waals surface area (Å²) in [6, 6.07) is 18.8. The van der Waals surface area contributed by atoms with E-state index in [9.17, 15) is 0 Å². The van der Waals surface area contributed by atoms with Crippen LogP contribution in [0.4, 0.5) is 17.6 Å². The molecule has 50 heavy (non-hydrogen) atoms. The Morgan fingerprint density at radius 2 is 1.22 bits per heavy atom. The highest BCUT2D eigenvalue weighted by Gasteiger charge is 2.20. The molecule has 17 nitrogen and oxygen atoms in total. The third-order valence-electron chi connectivity index (χ3n) is 7.96. The SMILES string of the molecule is CCc1cc(Cn2nnc3c(-c4ccco4)nc(N)nc32)ccc1N.Nc1nc(-c2ccco2)c2nnn(Cc3ccc4c(c3)OCO4)c2n1. The smallest absolute Gasteiger partial charge is 0.231 e. The molecule has 0 bridgehead atoms. The number of nitrogen functional groups attached to an aromatic ring is 3. The number of nitrogens with two attached hydrogens (primary N) is 3. The largest absolute Gasteiger partial charge is 0.463 e. The molecule has 6 aromatic heterocycles. The molecule has 6 N–H and O–H groups in total. The van der Waals surface area contributed by atoms with E-state index in [-0.39, 0.29) is 18.7 Å². The number of benzene rings is 2. The van der Waals surface area contributed by atoms with Crippen molar-refractivity contribution in [2.75, 3.05) is 24.0 Å². The van der Waals surface area contributed by atoms with Crippen molar-refractivity contribution >= 4 is 39.9 Å². The number of nitrogens with zero attached hydrogens (tertiary/aromatic N) is 10. The first-order valence-electron chi connectivity index (χ1n) is 15.5. The van der Waals surface area contributed by atoms with Gasteiger partial charge in [0.2, 0.25) is 18.7 Å². The Labute approximate surface area is 282 Å². The van der Waals surface area contributed by atoms with Gasteiger partial charge >= 0.3 is 0 Å². The fraction of sp³-hybridized carbons (Fsp3) is 0.152. The van der Waals surface area contributed by atoms with E-state index in [1.807, 2.05) is 30.3 Å². The summed E-state index contributed by atoms with van der Waals surface area (Å²) in [7, 11) is 0. The molecule has 8 aromatic rings. The Morgan fingerprint density at radius 3 is 1.78 bits per heavy atom. The maximum absolute atomic E-state index is 5.98. The number of furan rings is 2. The fourth-order valence-corrected chi connectivity index (χ4v) is 5.58. The average Bonchev–Trinajstić information content (AvgIpc) is 3.97. The second kappa shape index (κ2) is 12.5. The lowest BCUT2D eigenvalue weighted by atomic mass is 10.1. The summed E-state index contributed by atoms with van der Waals surface area (Å²) in [5.74, 6) is 2.87. The highest BCUT2D eigenvalue weighted by Crippen LogP contribution is 2.33. The summed E-state index contributed by atoms with van der Waals surface area (Å²) in [4.78, 5) is 17.1. The minimum Gasteiger partial charge on any atom is -0.463 e. The van der Waals surface area contributed by atoms with Crippen LogP contribution in [0, 0.1) is 0 Å². The van der Waals surface area contributed by atoms with Crippen molar-refractivity contribution in [3.05, 3.63) is 89.9 Å². The van der Waals surface area contributed by atoms with E-state index < -0.39 is 0 Å². The summed E-state index contributed by atoms with van der Waals surface area (Å²) in [6.07, 6.45) is 4.01. The Kier molecular flexibility index (Phi) is 7.59. The highest BCUT2D eigenvalue weighted by molar-refractivity contribution is 5.86. The van der Waals surface area contributed by atoms with Gasteiger partial charge in [-0.2, -0.15) is 9.97 Å². The summed E-state index contributed by atoms with van der Waals surface area (Å²) in [5.41, 5.74) is 24.9. The van der Waals surface area contributed by atoms with Gasteiger partial charge in [-0.05, 0) is 65.6 Å². The minimum absolute atomic E-state index is 0.133. The lowest BCUT2D eigenvalue weighted by molar-refractivity contribution is 0.174. The molecular weight excluding hydrogens is 642 g/mol. The maximum atomic E-state index is 5.98. The van der Waals surface area contributed by atoms with E-state index in [0.717, 1.165) is 34.5 Å². The Morgan fingerprint density at radius 1 is 0.660 bits per heavy atom. The van der Waals surface area contributed by atoms with Gasteiger partial charge in [0.05, 0.1) is 25.6 Å². The molecule has 2 aromatic carbocycles. The van der Waals surface area contributed by atoms with E-state index in [1.165, 1.54) is 0 Å². The molecule has 1 aliphatic heterocycles. The predicted molar refractivity (Wildman–Crippen MR) is 181 cm³/mol. The molecule has 0 amide bonds. The van der Waals surface area contributed by atoms with Crippen LogP contribution in [0.15, 0.2) is 82.0 Å². The first-order chi connectivity index (χ1) is 24.4. The lowest BCUT2D eigenvalue weighted by Gasteiger charge is -2.07. The van der Waals surface area contributed by atoms with Gasteiger partial charge in [0.1, 0.15) is 11.4 Å². The van der Waals surface area contributed by atoms with Crippen LogP contribution in [0.2, 0.25) is 0 Å². The van der Waals surface area contributed by atoms with Crippen LogP contribution in [0.5, 0.6) is 11.5 Å². The van der Waals surface area contributed by atoms with Crippen LogP contribution >= 0.6 is 0 Å². The van der Waals surface area contributed by atoms with Gasteiger partial charge in [0.25, 0.3) is 0 Å².